The molecule has 1 aliphatic heterocycles. The molecule has 10 nitrogen and oxygen atoms in total. The van der Waals surface area contributed by atoms with Crippen molar-refractivity contribution in [3.8, 4) is 5.88 Å². The number of hydrazone groups is 1. The molecule has 138 valence electrons. The monoisotopic (exact) mass is 365 g/mol. The van der Waals surface area contributed by atoms with Crippen molar-refractivity contribution in [3.63, 3.8) is 0 Å². The van der Waals surface area contributed by atoms with Gasteiger partial charge in [0.05, 0.1) is 12.0 Å². The second-order valence-corrected chi connectivity index (χ2v) is 5.41. The maximum atomic E-state index is 13.2. The van der Waals surface area contributed by atoms with E-state index in [9.17, 15) is 33.2 Å². The van der Waals surface area contributed by atoms with Crippen molar-refractivity contribution >= 4 is 17.3 Å². The second kappa shape index (κ2) is 5.98. The van der Waals surface area contributed by atoms with Crippen LogP contribution in [0.25, 0.3) is 0 Å². The highest BCUT2D eigenvalue weighted by molar-refractivity contribution is 5.90. The fraction of sp³-hybridized carbons (Fsp3) is 0.583. The molecular weight excluding hydrogens is 351 g/mol. The summed E-state index contributed by atoms with van der Waals surface area (Å²) in [6, 6.07) is -1.41. The number of ether oxygens (including phenoxy) is 1. The Bertz CT molecular complexity index is 746. The molecule has 2 rings (SSSR count). The number of nitrogens with zero attached hydrogens (tertiary/aromatic N) is 5. The van der Waals surface area contributed by atoms with Gasteiger partial charge in [-0.2, -0.15) is 23.3 Å². The molecule has 1 aromatic rings. The summed E-state index contributed by atoms with van der Waals surface area (Å²) in [5.74, 6) is -1.64. The molecule has 1 N–H and O–H groups in total. The second-order valence-electron chi connectivity index (χ2n) is 5.41. The third-order valence-corrected chi connectivity index (χ3v) is 3.61. The van der Waals surface area contributed by atoms with E-state index in [1.165, 1.54) is 13.8 Å². The fourth-order valence-corrected chi connectivity index (χ4v) is 2.30. The highest BCUT2D eigenvalue weighted by Gasteiger charge is 2.63. The number of aliphatic hydroxyl groups is 1. The lowest BCUT2D eigenvalue weighted by Gasteiger charge is -2.33. The molecule has 1 aliphatic rings. The number of amides is 1. The molecule has 0 saturated carbocycles. The summed E-state index contributed by atoms with van der Waals surface area (Å²) < 4.78 is 45.0. The molecule has 2 heterocycles. The van der Waals surface area contributed by atoms with Gasteiger partial charge in [0.2, 0.25) is 0 Å². The summed E-state index contributed by atoms with van der Waals surface area (Å²) in [6.45, 7) is 2.40. The van der Waals surface area contributed by atoms with E-state index in [1.54, 1.807) is 0 Å². The first-order valence-electron chi connectivity index (χ1n) is 6.87. The van der Waals surface area contributed by atoms with Gasteiger partial charge in [0, 0.05) is 12.1 Å². The summed E-state index contributed by atoms with van der Waals surface area (Å²) >= 11 is 0. The van der Waals surface area contributed by atoms with Crippen LogP contribution in [-0.4, -0.2) is 55.4 Å². The highest BCUT2D eigenvalue weighted by Crippen LogP contribution is 2.41. The zero-order valence-corrected chi connectivity index (χ0v) is 13.3. The van der Waals surface area contributed by atoms with Crippen molar-refractivity contribution in [1.82, 2.24) is 14.8 Å². The molecule has 13 heteroatoms. The molecule has 0 unspecified atom stereocenters. The highest BCUT2D eigenvalue weighted by atomic mass is 19.4. The molecule has 0 aromatic carbocycles. The van der Waals surface area contributed by atoms with E-state index in [0.29, 0.717) is 0 Å². The van der Waals surface area contributed by atoms with Crippen LogP contribution >= 0.6 is 0 Å². The lowest BCUT2D eigenvalue weighted by molar-refractivity contribution is -0.385. The van der Waals surface area contributed by atoms with Crippen molar-refractivity contribution < 1.29 is 32.7 Å². The molecule has 0 fully saturated rings. The summed E-state index contributed by atoms with van der Waals surface area (Å²) in [7, 11) is 1.11. The first kappa shape index (κ1) is 18.6. The number of nitro groups is 1. The molecule has 0 aliphatic carbocycles. The maximum Gasteiger partial charge on any atom is 0.438 e. The maximum absolute atomic E-state index is 13.2. The van der Waals surface area contributed by atoms with Crippen LogP contribution in [-0.2, 0) is 4.79 Å². The van der Waals surface area contributed by atoms with E-state index in [0.717, 1.165) is 18.0 Å². The molecule has 0 saturated heterocycles. The van der Waals surface area contributed by atoms with Crippen LogP contribution in [0, 0.1) is 10.1 Å². The minimum Gasteiger partial charge on any atom is -0.475 e. The number of alkyl halides is 3. The van der Waals surface area contributed by atoms with E-state index >= 15 is 0 Å². The van der Waals surface area contributed by atoms with Gasteiger partial charge in [0.1, 0.15) is 12.2 Å². The molecule has 2 atom stereocenters. The predicted molar refractivity (Wildman–Crippen MR) is 75.7 cm³/mol. The number of hydrogen-bond donors (Lipinski definition) is 1. The van der Waals surface area contributed by atoms with Gasteiger partial charge >= 0.3 is 17.7 Å². The van der Waals surface area contributed by atoms with E-state index in [1.807, 2.05) is 0 Å². The Morgan fingerprint density at radius 3 is 2.60 bits per heavy atom. The van der Waals surface area contributed by atoms with Gasteiger partial charge in [0.15, 0.2) is 0 Å². The van der Waals surface area contributed by atoms with Gasteiger partial charge in [0.25, 0.3) is 11.6 Å². The van der Waals surface area contributed by atoms with Crippen LogP contribution < -0.4 is 4.74 Å². The summed E-state index contributed by atoms with van der Waals surface area (Å²) in [4.78, 5) is 22.5. The van der Waals surface area contributed by atoms with Crippen LogP contribution in [0.4, 0.5) is 18.9 Å². The first-order chi connectivity index (χ1) is 11.4. The zero-order valence-electron chi connectivity index (χ0n) is 13.3. The molecule has 0 spiro atoms. The average Bonchev–Trinajstić information content (AvgIpc) is 3.06. The van der Waals surface area contributed by atoms with E-state index in [4.69, 9.17) is 4.74 Å². The van der Waals surface area contributed by atoms with Crippen LogP contribution in [0.5, 0.6) is 5.88 Å². The van der Waals surface area contributed by atoms with Crippen molar-refractivity contribution in [3.05, 3.63) is 16.3 Å². The topological polar surface area (TPSA) is 123 Å². The Morgan fingerprint density at radius 1 is 1.56 bits per heavy atom. The number of halogens is 3. The lowest BCUT2D eigenvalue weighted by Crippen LogP contribution is -2.57. The Balaban J connectivity index is 2.38. The van der Waals surface area contributed by atoms with Gasteiger partial charge in [-0.3, -0.25) is 14.9 Å². The van der Waals surface area contributed by atoms with Crippen LogP contribution in [0.1, 0.15) is 26.3 Å². The smallest absolute Gasteiger partial charge is 0.438 e. The van der Waals surface area contributed by atoms with Gasteiger partial charge in [-0.15, -0.1) is 5.10 Å². The number of hydrogen-bond acceptors (Lipinski definition) is 7. The van der Waals surface area contributed by atoms with Gasteiger partial charge in [-0.05, 0) is 13.8 Å². The predicted octanol–water partition coefficient (Wildman–Crippen LogP) is 1.22. The quantitative estimate of drug-likeness (QED) is 0.632. The van der Waals surface area contributed by atoms with E-state index in [2.05, 4.69) is 10.2 Å². The van der Waals surface area contributed by atoms with Gasteiger partial charge in [-0.1, -0.05) is 0 Å². The van der Waals surface area contributed by atoms with Crippen LogP contribution in [0.15, 0.2) is 11.3 Å². The SMILES string of the molecule is COc1nn([C@@H](C)C(=O)N2N=C(C)C[C@]2(O)C(F)(F)F)cc1[N+](=O)[O-]. The Kier molecular flexibility index (Phi) is 4.46. The van der Waals surface area contributed by atoms with E-state index < -0.39 is 46.8 Å². The van der Waals surface area contributed by atoms with Crippen molar-refractivity contribution in [2.24, 2.45) is 5.10 Å². The van der Waals surface area contributed by atoms with Crippen molar-refractivity contribution in [1.29, 1.82) is 0 Å². The van der Waals surface area contributed by atoms with Crippen LogP contribution in [0.2, 0.25) is 0 Å². The third-order valence-electron chi connectivity index (χ3n) is 3.61. The summed E-state index contributed by atoms with van der Waals surface area (Å²) in [6.07, 6.45) is -5.18. The van der Waals surface area contributed by atoms with Crippen molar-refractivity contribution in [2.75, 3.05) is 7.11 Å². The molecular formula is C12H14F3N5O5. The standard InChI is InChI=1S/C12H14F3N5O5/c1-6-4-11(22,12(13,14)15)19(16-6)10(21)7(2)18-5-8(20(23)24)9(17-18)25-3/h5,7,22H,4H2,1-3H3/t7-,11-/m0/s1. The minimum atomic E-state index is -5.14. The lowest BCUT2D eigenvalue weighted by atomic mass is 10.1. The van der Waals surface area contributed by atoms with Gasteiger partial charge in [-0.25, -0.2) is 4.68 Å². The molecule has 1 aromatic heterocycles. The molecule has 0 radical (unpaired) electrons. The summed E-state index contributed by atoms with van der Waals surface area (Å²) in [5.41, 5.74) is -4.13. The minimum absolute atomic E-state index is 0.0625. The van der Waals surface area contributed by atoms with E-state index in [-0.39, 0.29) is 10.7 Å². The van der Waals surface area contributed by atoms with Gasteiger partial charge < -0.3 is 9.84 Å². The van der Waals surface area contributed by atoms with Crippen LogP contribution in [0.3, 0.4) is 0 Å². The Hall–Kier alpha value is -2.70. The molecule has 0 bridgehead atoms. The number of aromatic nitrogens is 2. The molecule has 1 amide bonds. The number of rotatable bonds is 4. The number of methoxy groups -OCH3 is 1. The third kappa shape index (κ3) is 3.01. The normalized spacial score (nSPS) is 21.9. The average molecular weight is 365 g/mol. The largest absolute Gasteiger partial charge is 0.475 e. The number of carbonyl (C=O) groups is 1. The molecule has 25 heavy (non-hydrogen) atoms. The van der Waals surface area contributed by atoms with Crippen molar-refractivity contribution in [2.45, 2.75) is 38.2 Å². The Labute approximate surface area is 138 Å². The number of carbonyl (C=O) groups excluding carboxylic acids is 1. The Morgan fingerprint density at radius 2 is 2.16 bits per heavy atom. The first-order valence-corrected chi connectivity index (χ1v) is 6.87. The fourth-order valence-electron chi connectivity index (χ4n) is 2.30. The summed E-state index contributed by atoms with van der Waals surface area (Å²) in [5, 5.41) is 27.9. The zero-order chi connectivity index (χ0) is 19.2.